The second kappa shape index (κ2) is 4.02. The third-order valence-corrected chi connectivity index (χ3v) is 2.51. The Bertz CT molecular complexity index is 589. The smallest absolute Gasteiger partial charge is 0.341 e. The molecule has 0 radical (unpaired) electrons. The number of carboxylic acids is 1. The Morgan fingerprint density at radius 2 is 2.25 bits per heavy atom. The van der Waals surface area contributed by atoms with Gasteiger partial charge in [-0.2, -0.15) is 0 Å². The van der Waals surface area contributed by atoms with Crippen molar-refractivity contribution in [1.29, 1.82) is 0 Å². The van der Waals surface area contributed by atoms with Crippen molar-refractivity contribution in [1.82, 2.24) is 4.98 Å². The average Bonchev–Trinajstić information content (AvgIpc) is 2.61. The fourth-order valence-electron chi connectivity index (χ4n) is 1.44. The highest BCUT2D eigenvalue weighted by Gasteiger charge is 2.06. The van der Waals surface area contributed by atoms with Crippen LogP contribution in [0.5, 0.6) is 0 Å². The van der Waals surface area contributed by atoms with Crippen LogP contribution in [0.25, 0.3) is 17.0 Å². The summed E-state index contributed by atoms with van der Waals surface area (Å²) in [5.74, 6) is -1.48. The highest BCUT2D eigenvalue weighted by molar-refractivity contribution is 7.85. The summed E-state index contributed by atoms with van der Waals surface area (Å²) in [6.07, 6.45) is 2.99. The molecular formula is C11H8FNO2S. The average molecular weight is 237 g/mol. The third kappa shape index (κ3) is 1.94. The maximum Gasteiger partial charge on any atom is 0.341 e. The summed E-state index contributed by atoms with van der Waals surface area (Å²) in [6.45, 7) is 0. The predicted octanol–water partition coefficient (Wildman–Crippen LogP) is 2.66. The summed E-state index contributed by atoms with van der Waals surface area (Å²) in [5.41, 5.74) is 1.35. The Morgan fingerprint density at radius 1 is 1.50 bits per heavy atom. The molecule has 5 heteroatoms. The third-order valence-electron chi connectivity index (χ3n) is 2.19. The molecule has 0 aliphatic rings. The molecule has 3 nitrogen and oxygen atoms in total. The molecule has 1 aromatic heterocycles. The van der Waals surface area contributed by atoms with Crippen molar-refractivity contribution in [2.24, 2.45) is 0 Å². The van der Waals surface area contributed by atoms with Gasteiger partial charge < -0.3 is 10.1 Å². The molecule has 2 aromatic rings. The lowest BCUT2D eigenvalue weighted by Gasteiger charge is -1.94. The fourth-order valence-corrected chi connectivity index (χ4v) is 1.58. The molecule has 0 aliphatic heterocycles. The van der Waals surface area contributed by atoms with Gasteiger partial charge >= 0.3 is 5.97 Å². The molecule has 16 heavy (non-hydrogen) atoms. The van der Waals surface area contributed by atoms with Crippen LogP contribution in [0.3, 0.4) is 0 Å². The van der Waals surface area contributed by atoms with Crippen LogP contribution in [-0.4, -0.2) is 16.1 Å². The number of nitrogens with one attached hydrogen (secondary N) is 1. The molecule has 1 aromatic carbocycles. The Balaban J connectivity index is 2.57. The number of H-pyrrole nitrogens is 1. The van der Waals surface area contributed by atoms with E-state index in [2.05, 4.69) is 17.6 Å². The lowest BCUT2D eigenvalue weighted by molar-refractivity contribution is -0.131. The molecule has 2 rings (SSSR count). The van der Waals surface area contributed by atoms with Crippen LogP contribution in [0, 0.1) is 5.82 Å². The maximum absolute atomic E-state index is 13.0. The summed E-state index contributed by atoms with van der Waals surface area (Å²) in [6, 6.07) is 4.28. The minimum Gasteiger partial charge on any atom is -0.477 e. The molecule has 1 heterocycles. The van der Waals surface area contributed by atoms with E-state index < -0.39 is 5.97 Å². The molecule has 0 bridgehead atoms. The normalized spacial score (nSPS) is 12.0. The first-order chi connectivity index (χ1) is 7.58. The van der Waals surface area contributed by atoms with Crippen molar-refractivity contribution >= 4 is 35.6 Å². The zero-order chi connectivity index (χ0) is 11.7. The summed E-state index contributed by atoms with van der Waals surface area (Å²) in [5, 5.41) is 9.31. The van der Waals surface area contributed by atoms with Gasteiger partial charge in [-0.05, 0) is 24.3 Å². The van der Waals surface area contributed by atoms with Gasteiger partial charge in [0.1, 0.15) is 5.82 Å². The highest BCUT2D eigenvalue weighted by Crippen LogP contribution is 2.22. The lowest BCUT2D eigenvalue weighted by Crippen LogP contribution is -1.92. The number of benzene rings is 1. The number of halogens is 1. The molecule has 0 saturated heterocycles. The van der Waals surface area contributed by atoms with E-state index in [1.165, 1.54) is 18.2 Å². The second-order valence-corrected chi connectivity index (χ2v) is 3.75. The second-order valence-electron chi connectivity index (χ2n) is 3.27. The number of aromatic nitrogens is 1. The number of hydrogen-bond acceptors (Lipinski definition) is 2. The first kappa shape index (κ1) is 10.8. The number of thiol groups is 1. The van der Waals surface area contributed by atoms with Gasteiger partial charge in [-0.25, -0.2) is 9.18 Å². The lowest BCUT2D eigenvalue weighted by atomic mass is 10.1. The minimum absolute atomic E-state index is 0.0924. The molecule has 2 N–H and O–H groups in total. The largest absolute Gasteiger partial charge is 0.477 e. The van der Waals surface area contributed by atoms with E-state index in [9.17, 15) is 9.18 Å². The molecule has 0 unspecified atom stereocenters. The number of carboxylic acid groups (broad SMARTS) is 1. The van der Waals surface area contributed by atoms with Crippen molar-refractivity contribution in [3.63, 3.8) is 0 Å². The molecular weight excluding hydrogens is 229 g/mol. The van der Waals surface area contributed by atoms with E-state index in [0.29, 0.717) is 10.9 Å². The predicted molar refractivity (Wildman–Crippen MR) is 62.9 cm³/mol. The van der Waals surface area contributed by atoms with Crippen molar-refractivity contribution in [2.45, 2.75) is 0 Å². The number of aromatic amines is 1. The van der Waals surface area contributed by atoms with Crippen LogP contribution < -0.4 is 0 Å². The molecule has 0 atom stereocenters. The van der Waals surface area contributed by atoms with E-state index >= 15 is 0 Å². The number of fused-ring (bicyclic) bond motifs is 1. The fraction of sp³-hybridized carbons (Fsp3) is 0. The van der Waals surface area contributed by atoms with E-state index in [4.69, 9.17) is 5.11 Å². The van der Waals surface area contributed by atoms with Crippen LogP contribution in [0.1, 0.15) is 5.56 Å². The zero-order valence-electron chi connectivity index (χ0n) is 8.07. The summed E-state index contributed by atoms with van der Waals surface area (Å²) < 4.78 is 13.0. The quantitative estimate of drug-likeness (QED) is 0.555. The highest BCUT2D eigenvalue weighted by atomic mass is 32.1. The summed E-state index contributed by atoms with van der Waals surface area (Å²) in [4.78, 5) is 13.4. The van der Waals surface area contributed by atoms with E-state index in [1.54, 1.807) is 12.3 Å². The van der Waals surface area contributed by atoms with Crippen LogP contribution in [-0.2, 0) is 4.79 Å². The van der Waals surface area contributed by atoms with Gasteiger partial charge in [0, 0.05) is 22.7 Å². The van der Waals surface area contributed by atoms with Gasteiger partial charge in [0.25, 0.3) is 0 Å². The van der Waals surface area contributed by atoms with Crippen LogP contribution in [0.2, 0.25) is 0 Å². The van der Waals surface area contributed by atoms with Crippen molar-refractivity contribution in [3.05, 3.63) is 40.7 Å². The van der Waals surface area contributed by atoms with E-state index in [1.807, 2.05) is 0 Å². The molecule has 0 saturated carbocycles. The molecule has 0 aliphatic carbocycles. The summed E-state index contributed by atoms with van der Waals surface area (Å²) in [7, 11) is 0. The molecule has 82 valence electrons. The summed E-state index contributed by atoms with van der Waals surface area (Å²) >= 11 is 3.82. The Morgan fingerprint density at radius 3 is 2.94 bits per heavy atom. The minimum atomic E-state index is -1.12. The Hall–Kier alpha value is -1.75. The first-order valence-corrected chi connectivity index (χ1v) is 4.93. The topological polar surface area (TPSA) is 53.1 Å². The van der Waals surface area contributed by atoms with Crippen LogP contribution in [0.4, 0.5) is 4.39 Å². The van der Waals surface area contributed by atoms with E-state index in [-0.39, 0.29) is 10.7 Å². The maximum atomic E-state index is 13.0. The van der Waals surface area contributed by atoms with Gasteiger partial charge in [0.2, 0.25) is 0 Å². The van der Waals surface area contributed by atoms with Crippen molar-refractivity contribution in [2.75, 3.05) is 0 Å². The van der Waals surface area contributed by atoms with E-state index in [0.717, 1.165) is 5.52 Å². The van der Waals surface area contributed by atoms with Gasteiger partial charge in [0.15, 0.2) is 0 Å². The molecule has 0 amide bonds. The molecule has 0 spiro atoms. The zero-order valence-corrected chi connectivity index (χ0v) is 8.96. The number of hydrogen-bond donors (Lipinski definition) is 3. The van der Waals surface area contributed by atoms with Crippen molar-refractivity contribution < 1.29 is 14.3 Å². The van der Waals surface area contributed by atoms with Gasteiger partial charge in [-0.3, -0.25) is 0 Å². The Kier molecular flexibility index (Phi) is 2.70. The Labute approximate surface area is 96.0 Å². The standard InChI is InChI=1S/C11H8FNO2S/c12-7-1-2-9-8(4-7)6(5-13-9)3-10(16)11(14)15/h1-5,13,16H,(H,14,15)/b10-3-. The SMILES string of the molecule is O=C(O)/C(S)=C/c1c[nH]c2ccc(F)cc12. The van der Waals surface area contributed by atoms with Gasteiger partial charge in [-0.15, -0.1) is 12.6 Å². The monoisotopic (exact) mass is 237 g/mol. The van der Waals surface area contributed by atoms with Crippen LogP contribution in [0.15, 0.2) is 29.3 Å². The van der Waals surface area contributed by atoms with Crippen LogP contribution >= 0.6 is 12.6 Å². The first-order valence-electron chi connectivity index (χ1n) is 4.48. The molecule has 0 fully saturated rings. The number of aliphatic carboxylic acids is 1. The van der Waals surface area contributed by atoms with Gasteiger partial charge in [-0.1, -0.05) is 0 Å². The van der Waals surface area contributed by atoms with Crippen molar-refractivity contribution in [3.8, 4) is 0 Å². The number of rotatable bonds is 2. The van der Waals surface area contributed by atoms with Gasteiger partial charge in [0.05, 0.1) is 4.91 Å². The number of carbonyl (C=O) groups is 1.